The molecule has 0 heterocycles. The Kier molecular flexibility index (Phi) is 2.46. The molecule has 14 heavy (non-hydrogen) atoms. The zero-order chi connectivity index (χ0) is 10.3. The summed E-state index contributed by atoms with van der Waals surface area (Å²) in [6, 6.07) is 0. The molecule has 3 atom stereocenters. The molecule has 0 aromatic carbocycles. The van der Waals surface area contributed by atoms with Gasteiger partial charge in [-0.2, -0.15) is 0 Å². The van der Waals surface area contributed by atoms with Gasteiger partial charge in [0, 0.05) is 0 Å². The monoisotopic (exact) mass is 194 g/mol. The highest BCUT2D eigenvalue weighted by Gasteiger charge is 2.50. The standard InChI is InChI=1S/C13H22O/c1-9(14)4-5-10-6-7-11-8-12(10)13(11,2)3/h6,9,11-12,14H,4-5,7-8H2,1-3H3/t9-,11?,12?/m1/s1. The topological polar surface area (TPSA) is 20.2 Å². The molecule has 0 saturated heterocycles. The van der Waals surface area contributed by atoms with Gasteiger partial charge in [-0.3, -0.25) is 0 Å². The van der Waals surface area contributed by atoms with Gasteiger partial charge in [0.05, 0.1) is 6.10 Å². The summed E-state index contributed by atoms with van der Waals surface area (Å²) in [6.07, 6.45) is 7.02. The van der Waals surface area contributed by atoms with Gasteiger partial charge in [0.1, 0.15) is 0 Å². The van der Waals surface area contributed by atoms with Crippen LogP contribution < -0.4 is 0 Å². The van der Waals surface area contributed by atoms with Gasteiger partial charge in [-0.05, 0) is 49.9 Å². The molecule has 3 rings (SSSR count). The van der Waals surface area contributed by atoms with E-state index >= 15 is 0 Å². The molecule has 80 valence electrons. The largest absolute Gasteiger partial charge is 0.393 e. The number of aliphatic hydroxyl groups excluding tert-OH is 1. The van der Waals surface area contributed by atoms with Crippen molar-refractivity contribution in [1.29, 1.82) is 0 Å². The maximum atomic E-state index is 9.28. The first kappa shape index (κ1) is 10.2. The Morgan fingerprint density at radius 2 is 2.29 bits per heavy atom. The molecule has 0 aromatic heterocycles. The lowest BCUT2D eigenvalue weighted by molar-refractivity contribution is -0.00924. The third-order valence-corrected chi connectivity index (χ3v) is 4.43. The molecule has 3 aliphatic carbocycles. The van der Waals surface area contributed by atoms with Crippen molar-refractivity contribution in [2.24, 2.45) is 17.3 Å². The van der Waals surface area contributed by atoms with Crippen LogP contribution in [0.2, 0.25) is 0 Å². The average Bonchev–Trinajstić information content (AvgIpc) is 2.14. The molecule has 0 spiro atoms. The van der Waals surface area contributed by atoms with E-state index in [1.54, 1.807) is 5.57 Å². The quantitative estimate of drug-likeness (QED) is 0.684. The summed E-state index contributed by atoms with van der Waals surface area (Å²) in [7, 11) is 0. The van der Waals surface area contributed by atoms with Gasteiger partial charge in [-0.15, -0.1) is 0 Å². The Hall–Kier alpha value is -0.300. The van der Waals surface area contributed by atoms with Crippen molar-refractivity contribution in [2.45, 2.75) is 52.6 Å². The van der Waals surface area contributed by atoms with Crippen LogP contribution in [0.1, 0.15) is 46.5 Å². The molecule has 1 N–H and O–H groups in total. The van der Waals surface area contributed by atoms with Crippen LogP contribution in [0.15, 0.2) is 11.6 Å². The summed E-state index contributed by atoms with van der Waals surface area (Å²) in [6.45, 7) is 6.69. The average molecular weight is 194 g/mol. The van der Waals surface area contributed by atoms with Crippen LogP contribution in [-0.2, 0) is 0 Å². The molecule has 0 radical (unpaired) electrons. The van der Waals surface area contributed by atoms with E-state index in [1.165, 1.54) is 12.8 Å². The van der Waals surface area contributed by atoms with Crippen LogP contribution in [0.4, 0.5) is 0 Å². The van der Waals surface area contributed by atoms with E-state index < -0.39 is 0 Å². The SMILES string of the molecule is C[C@@H](O)CCC1=CCC2CC1C2(C)C. The highest BCUT2D eigenvalue weighted by Crippen LogP contribution is 2.59. The maximum absolute atomic E-state index is 9.28. The Labute approximate surface area is 87.2 Å². The predicted octanol–water partition coefficient (Wildman–Crippen LogP) is 3.14. The number of allylic oxidation sites excluding steroid dienone is 2. The van der Waals surface area contributed by atoms with Gasteiger partial charge in [0.25, 0.3) is 0 Å². The normalized spacial score (nSPS) is 35.9. The van der Waals surface area contributed by atoms with Gasteiger partial charge < -0.3 is 5.11 Å². The van der Waals surface area contributed by atoms with E-state index in [9.17, 15) is 5.11 Å². The first-order valence-electron chi connectivity index (χ1n) is 5.89. The molecule has 2 bridgehead atoms. The third kappa shape index (κ3) is 1.52. The molecule has 1 fully saturated rings. The summed E-state index contributed by atoms with van der Waals surface area (Å²) in [5.74, 6) is 1.75. The minimum atomic E-state index is -0.142. The van der Waals surface area contributed by atoms with Crippen molar-refractivity contribution in [3.05, 3.63) is 11.6 Å². The van der Waals surface area contributed by atoms with E-state index in [1.807, 2.05) is 6.92 Å². The lowest BCUT2D eigenvalue weighted by Crippen LogP contribution is -2.48. The Bertz CT molecular complexity index is 250. The fraction of sp³-hybridized carbons (Fsp3) is 0.846. The highest BCUT2D eigenvalue weighted by molar-refractivity contribution is 5.23. The molecule has 0 aromatic rings. The lowest BCUT2D eigenvalue weighted by Gasteiger charge is -2.56. The van der Waals surface area contributed by atoms with Crippen molar-refractivity contribution < 1.29 is 5.11 Å². The van der Waals surface area contributed by atoms with Crippen LogP contribution in [0.3, 0.4) is 0 Å². The summed E-state index contributed by atoms with van der Waals surface area (Å²) >= 11 is 0. The molecule has 0 amide bonds. The minimum absolute atomic E-state index is 0.142. The summed E-state index contributed by atoms with van der Waals surface area (Å²) < 4.78 is 0. The van der Waals surface area contributed by atoms with Crippen LogP contribution >= 0.6 is 0 Å². The second kappa shape index (κ2) is 3.37. The Balaban J connectivity index is 1.97. The molecule has 1 nitrogen and oxygen atoms in total. The summed E-state index contributed by atoms with van der Waals surface area (Å²) in [5, 5.41) is 9.28. The zero-order valence-electron chi connectivity index (χ0n) is 9.59. The Morgan fingerprint density at radius 1 is 1.57 bits per heavy atom. The van der Waals surface area contributed by atoms with Gasteiger partial charge >= 0.3 is 0 Å². The van der Waals surface area contributed by atoms with Crippen LogP contribution in [0, 0.1) is 17.3 Å². The first-order valence-corrected chi connectivity index (χ1v) is 5.89. The zero-order valence-corrected chi connectivity index (χ0v) is 9.59. The second-order valence-corrected chi connectivity index (χ2v) is 5.71. The fourth-order valence-electron chi connectivity index (χ4n) is 3.13. The number of rotatable bonds is 3. The second-order valence-electron chi connectivity index (χ2n) is 5.71. The van der Waals surface area contributed by atoms with Crippen LogP contribution in [0.5, 0.6) is 0 Å². The number of hydrogen-bond acceptors (Lipinski definition) is 1. The predicted molar refractivity (Wildman–Crippen MR) is 59.0 cm³/mol. The summed E-state index contributed by atoms with van der Waals surface area (Å²) in [5.41, 5.74) is 2.17. The van der Waals surface area contributed by atoms with E-state index in [0.29, 0.717) is 5.41 Å². The van der Waals surface area contributed by atoms with Crippen molar-refractivity contribution in [1.82, 2.24) is 0 Å². The van der Waals surface area contributed by atoms with Crippen molar-refractivity contribution >= 4 is 0 Å². The number of fused-ring (bicyclic) bond motifs is 1. The maximum Gasteiger partial charge on any atom is 0.0515 e. The minimum Gasteiger partial charge on any atom is -0.393 e. The van der Waals surface area contributed by atoms with E-state index in [2.05, 4.69) is 19.9 Å². The van der Waals surface area contributed by atoms with E-state index in [0.717, 1.165) is 24.7 Å². The summed E-state index contributed by atoms with van der Waals surface area (Å²) in [4.78, 5) is 0. The van der Waals surface area contributed by atoms with Crippen molar-refractivity contribution in [3.63, 3.8) is 0 Å². The van der Waals surface area contributed by atoms with Gasteiger partial charge in [0.2, 0.25) is 0 Å². The van der Waals surface area contributed by atoms with Gasteiger partial charge in [-0.25, -0.2) is 0 Å². The van der Waals surface area contributed by atoms with Crippen LogP contribution in [0.25, 0.3) is 0 Å². The molecule has 2 unspecified atom stereocenters. The van der Waals surface area contributed by atoms with Gasteiger partial charge in [0.15, 0.2) is 0 Å². The molecule has 1 saturated carbocycles. The molecular formula is C13H22O. The highest BCUT2D eigenvalue weighted by atomic mass is 16.3. The van der Waals surface area contributed by atoms with E-state index in [-0.39, 0.29) is 6.10 Å². The van der Waals surface area contributed by atoms with Gasteiger partial charge in [-0.1, -0.05) is 25.5 Å². The smallest absolute Gasteiger partial charge is 0.0515 e. The molecule has 1 heteroatoms. The number of hydrogen-bond donors (Lipinski definition) is 1. The molecule has 0 aliphatic heterocycles. The Morgan fingerprint density at radius 3 is 2.79 bits per heavy atom. The lowest BCUT2D eigenvalue weighted by atomic mass is 9.48. The van der Waals surface area contributed by atoms with Crippen molar-refractivity contribution in [3.8, 4) is 0 Å². The molecule has 3 aliphatic rings. The fourth-order valence-corrected chi connectivity index (χ4v) is 3.13. The van der Waals surface area contributed by atoms with Crippen molar-refractivity contribution in [2.75, 3.05) is 0 Å². The first-order chi connectivity index (χ1) is 6.51. The number of aliphatic hydroxyl groups is 1. The molecular weight excluding hydrogens is 172 g/mol. The third-order valence-electron chi connectivity index (χ3n) is 4.43. The van der Waals surface area contributed by atoms with Crippen LogP contribution in [-0.4, -0.2) is 11.2 Å². The van der Waals surface area contributed by atoms with E-state index in [4.69, 9.17) is 0 Å².